The monoisotopic (exact) mass is 370 g/mol. The van der Waals surface area contributed by atoms with Crippen LogP contribution in [0.2, 0.25) is 0 Å². The van der Waals surface area contributed by atoms with Gasteiger partial charge < -0.3 is 15.1 Å². The van der Waals surface area contributed by atoms with Crippen LogP contribution in [-0.2, 0) is 4.79 Å². The molecule has 0 bridgehead atoms. The molecule has 27 heavy (non-hydrogen) atoms. The van der Waals surface area contributed by atoms with Crippen LogP contribution in [0.1, 0.15) is 30.5 Å². The zero-order valence-corrected chi connectivity index (χ0v) is 16.2. The Bertz CT molecular complexity index is 737. The first-order valence-electron chi connectivity index (χ1n) is 9.75. The fraction of sp³-hybridized carbons (Fsp3) is 0.409. The number of nitrogens with zero attached hydrogens (tertiary/aromatic N) is 1. The van der Waals surface area contributed by atoms with Crippen LogP contribution in [0.25, 0.3) is 0 Å². The third-order valence-electron chi connectivity index (χ3n) is 5.30. The number of quaternary nitrogens is 1. The number of carbonyl (C=O) groups is 1. The van der Waals surface area contributed by atoms with E-state index in [-0.39, 0.29) is 17.8 Å². The summed E-state index contributed by atoms with van der Waals surface area (Å²) in [7, 11) is 0. The maximum atomic E-state index is 13.1. The zero-order chi connectivity index (χ0) is 19.2. The van der Waals surface area contributed by atoms with Gasteiger partial charge in [0, 0.05) is 5.69 Å². The maximum absolute atomic E-state index is 13.1. The predicted molar refractivity (Wildman–Crippen MR) is 107 cm³/mol. The maximum Gasteiger partial charge on any atom is 0.275 e. The highest BCUT2D eigenvalue weighted by Gasteiger charge is 2.23. The van der Waals surface area contributed by atoms with E-state index >= 15 is 0 Å². The highest BCUT2D eigenvalue weighted by atomic mass is 19.1. The molecule has 2 N–H and O–H groups in total. The Hall–Kier alpha value is -2.40. The third-order valence-corrected chi connectivity index (χ3v) is 5.30. The zero-order valence-electron chi connectivity index (χ0n) is 16.2. The molecule has 5 heteroatoms. The van der Waals surface area contributed by atoms with Gasteiger partial charge in [0.2, 0.25) is 0 Å². The van der Waals surface area contributed by atoms with E-state index in [4.69, 9.17) is 0 Å². The van der Waals surface area contributed by atoms with Crippen molar-refractivity contribution in [3.63, 3.8) is 0 Å². The molecule has 3 rings (SSSR count). The Morgan fingerprint density at radius 2 is 1.74 bits per heavy atom. The molecule has 144 valence electrons. The summed E-state index contributed by atoms with van der Waals surface area (Å²) in [6.07, 6.45) is 0.877. The molecule has 0 unspecified atom stereocenters. The van der Waals surface area contributed by atoms with Gasteiger partial charge in [0.1, 0.15) is 5.82 Å². The van der Waals surface area contributed by atoms with E-state index < -0.39 is 0 Å². The fourth-order valence-corrected chi connectivity index (χ4v) is 3.60. The summed E-state index contributed by atoms with van der Waals surface area (Å²) < 4.78 is 13.1. The number of carbonyl (C=O) groups excluding carboxylic acids is 1. The summed E-state index contributed by atoms with van der Waals surface area (Å²) in [6, 6.07) is 15.1. The van der Waals surface area contributed by atoms with Crippen molar-refractivity contribution in [2.24, 2.45) is 0 Å². The standard InChI is InChI=1S/C22H28FN3O/c1-3-21(18-6-4-17(2)5-7-18)24-22(27)16-25-12-14-26(15-13-25)20-10-8-19(23)9-11-20/h4-11,21H,3,12-16H2,1-2H3,(H,24,27)/p+1/t21-/m1/s1. The quantitative estimate of drug-likeness (QED) is 0.817. The molecule has 2 aromatic rings. The normalized spacial score (nSPS) is 16.2. The van der Waals surface area contributed by atoms with Gasteiger partial charge in [0.05, 0.1) is 32.2 Å². The van der Waals surface area contributed by atoms with Gasteiger partial charge in [-0.25, -0.2) is 4.39 Å². The van der Waals surface area contributed by atoms with Crippen LogP contribution in [0.3, 0.4) is 0 Å². The molecule has 0 radical (unpaired) electrons. The summed E-state index contributed by atoms with van der Waals surface area (Å²) >= 11 is 0. The van der Waals surface area contributed by atoms with E-state index in [9.17, 15) is 9.18 Å². The third kappa shape index (κ3) is 5.30. The van der Waals surface area contributed by atoms with Crippen molar-refractivity contribution >= 4 is 11.6 Å². The fourth-order valence-electron chi connectivity index (χ4n) is 3.60. The number of amides is 1. The van der Waals surface area contributed by atoms with Gasteiger partial charge >= 0.3 is 0 Å². The summed E-state index contributed by atoms with van der Waals surface area (Å²) in [5.41, 5.74) is 3.43. The van der Waals surface area contributed by atoms with Gasteiger partial charge in [-0.05, 0) is 43.2 Å². The summed E-state index contributed by atoms with van der Waals surface area (Å²) in [5, 5.41) is 3.18. The number of nitrogens with one attached hydrogen (secondary N) is 2. The molecule has 1 saturated heterocycles. The average Bonchev–Trinajstić information content (AvgIpc) is 2.68. The molecule has 1 amide bonds. The Morgan fingerprint density at radius 3 is 2.33 bits per heavy atom. The number of hydrogen-bond acceptors (Lipinski definition) is 2. The second kappa shape index (κ2) is 9.00. The summed E-state index contributed by atoms with van der Waals surface area (Å²) in [6.45, 7) is 8.24. The first-order chi connectivity index (χ1) is 13.0. The smallest absolute Gasteiger partial charge is 0.275 e. The number of rotatable bonds is 6. The molecule has 1 aliphatic heterocycles. The van der Waals surface area contributed by atoms with Crippen LogP contribution in [0, 0.1) is 12.7 Å². The van der Waals surface area contributed by atoms with Crippen LogP contribution in [0.5, 0.6) is 0 Å². The van der Waals surface area contributed by atoms with E-state index in [1.807, 2.05) is 12.1 Å². The van der Waals surface area contributed by atoms with E-state index in [1.165, 1.54) is 22.6 Å². The molecule has 0 aromatic heterocycles. The van der Waals surface area contributed by atoms with Crippen LogP contribution >= 0.6 is 0 Å². The average molecular weight is 370 g/mol. The van der Waals surface area contributed by atoms with Crippen molar-refractivity contribution in [3.8, 4) is 0 Å². The van der Waals surface area contributed by atoms with E-state index in [1.54, 1.807) is 0 Å². The van der Waals surface area contributed by atoms with E-state index in [0.29, 0.717) is 6.54 Å². The first-order valence-corrected chi connectivity index (χ1v) is 9.75. The summed E-state index contributed by atoms with van der Waals surface area (Å²) in [5.74, 6) is -0.105. The lowest BCUT2D eigenvalue weighted by molar-refractivity contribution is -0.892. The van der Waals surface area contributed by atoms with Crippen LogP contribution in [0.15, 0.2) is 48.5 Å². The minimum absolute atomic E-state index is 0.0676. The topological polar surface area (TPSA) is 36.8 Å². The highest BCUT2D eigenvalue weighted by Crippen LogP contribution is 2.17. The molecule has 0 saturated carbocycles. The largest absolute Gasteiger partial charge is 0.360 e. The number of halogens is 1. The lowest BCUT2D eigenvalue weighted by Crippen LogP contribution is -3.16. The number of aryl methyl sites for hydroxylation is 1. The number of hydrogen-bond donors (Lipinski definition) is 2. The van der Waals surface area contributed by atoms with Gasteiger partial charge in [-0.3, -0.25) is 4.79 Å². The van der Waals surface area contributed by atoms with Crippen molar-refractivity contribution in [2.45, 2.75) is 26.3 Å². The molecule has 1 aliphatic rings. The lowest BCUT2D eigenvalue weighted by Gasteiger charge is -2.33. The molecule has 2 aromatic carbocycles. The van der Waals surface area contributed by atoms with Crippen LogP contribution in [0.4, 0.5) is 10.1 Å². The van der Waals surface area contributed by atoms with E-state index in [0.717, 1.165) is 43.9 Å². The molecule has 0 spiro atoms. The number of anilines is 1. The molecule has 4 nitrogen and oxygen atoms in total. The van der Waals surface area contributed by atoms with Gasteiger partial charge in [0.15, 0.2) is 6.54 Å². The van der Waals surface area contributed by atoms with Crippen molar-refractivity contribution in [2.75, 3.05) is 37.6 Å². The van der Waals surface area contributed by atoms with Crippen molar-refractivity contribution in [3.05, 3.63) is 65.5 Å². The van der Waals surface area contributed by atoms with Gasteiger partial charge in [-0.1, -0.05) is 36.8 Å². The molecular formula is C22H29FN3O+. The van der Waals surface area contributed by atoms with Crippen molar-refractivity contribution in [1.29, 1.82) is 0 Å². The van der Waals surface area contributed by atoms with Crippen LogP contribution in [-0.4, -0.2) is 38.6 Å². The summed E-state index contributed by atoms with van der Waals surface area (Å²) in [4.78, 5) is 16.1. The predicted octanol–water partition coefficient (Wildman–Crippen LogP) is 2.11. The Morgan fingerprint density at radius 1 is 1.11 bits per heavy atom. The Kier molecular flexibility index (Phi) is 6.45. The first kappa shape index (κ1) is 19.4. The van der Waals surface area contributed by atoms with Crippen LogP contribution < -0.4 is 15.1 Å². The SMILES string of the molecule is CC[C@@H](NC(=O)C[NH+]1CCN(c2ccc(F)cc2)CC1)c1ccc(C)cc1. The van der Waals surface area contributed by atoms with Crippen molar-refractivity contribution in [1.82, 2.24) is 5.32 Å². The minimum Gasteiger partial charge on any atom is -0.360 e. The molecule has 0 aliphatic carbocycles. The second-order valence-electron chi connectivity index (χ2n) is 7.33. The Labute approximate surface area is 161 Å². The van der Waals surface area contributed by atoms with Gasteiger partial charge in [-0.2, -0.15) is 0 Å². The van der Waals surface area contributed by atoms with Crippen molar-refractivity contribution < 1.29 is 14.1 Å². The Balaban J connectivity index is 1.48. The molecule has 1 heterocycles. The number of benzene rings is 2. The van der Waals surface area contributed by atoms with E-state index in [2.05, 4.69) is 48.3 Å². The number of piperazine rings is 1. The second-order valence-corrected chi connectivity index (χ2v) is 7.33. The molecule has 1 fully saturated rings. The minimum atomic E-state index is -0.210. The van der Waals surface area contributed by atoms with Gasteiger partial charge in [0.25, 0.3) is 5.91 Å². The molecule has 1 atom stereocenters. The highest BCUT2D eigenvalue weighted by molar-refractivity contribution is 5.77. The lowest BCUT2D eigenvalue weighted by atomic mass is 10.0. The molecular weight excluding hydrogens is 341 g/mol. The van der Waals surface area contributed by atoms with Gasteiger partial charge in [-0.15, -0.1) is 0 Å².